The zero-order chi connectivity index (χ0) is 11.7. The average Bonchev–Trinajstić information content (AvgIpc) is 2.26. The molecule has 3 nitrogen and oxygen atoms in total. The van der Waals surface area contributed by atoms with E-state index in [1.165, 1.54) is 0 Å². The standard InChI is InChI=1S/C13H14N2O/c1-9-5-6-11(8-12(9)14)15-7-3-4-10(2)13(15)16/h3-8H,14H2,1-2H3. The van der Waals surface area contributed by atoms with Crippen LogP contribution in [0.3, 0.4) is 0 Å². The molecular formula is C13H14N2O. The van der Waals surface area contributed by atoms with E-state index in [2.05, 4.69) is 0 Å². The molecular weight excluding hydrogens is 200 g/mol. The normalized spacial score (nSPS) is 10.4. The molecule has 82 valence electrons. The summed E-state index contributed by atoms with van der Waals surface area (Å²) in [6.45, 7) is 3.74. The van der Waals surface area contributed by atoms with Crippen LogP contribution in [0.5, 0.6) is 0 Å². The molecule has 0 spiro atoms. The van der Waals surface area contributed by atoms with Crippen LogP contribution >= 0.6 is 0 Å². The molecule has 0 aliphatic heterocycles. The summed E-state index contributed by atoms with van der Waals surface area (Å²) in [5.41, 5.74) is 9.07. The largest absolute Gasteiger partial charge is 0.398 e. The van der Waals surface area contributed by atoms with E-state index in [4.69, 9.17) is 5.73 Å². The lowest BCUT2D eigenvalue weighted by molar-refractivity contribution is 0.970. The number of aryl methyl sites for hydroxylation is 2. The molecule has 16 heavy (non-hydrogen) atoms. The molecule has 1 heterocycles. The van der Waals surface area contributed by atoms with Gasteiger partial charge in [0.2, 0.25) is 0 Å². The number of rotatable bonds is 1. The average molecular weight is 214 g/mol. The van der Waals surface area contributed by atoms with Gasteiger partial charge in [-0.3, -0.25) is 9.36 Å². The zero-order valence-electron chi connectivity index (χ0n) is 9.40. The van der Waals surface area contributed by atoms with Crippen molar-refractivity contribution in [1.82, 2.24) is 4.57 Å². The van der Waals surface area contributed by atoms with E-state index in [9.17, 15) is 4.79 Å². The molecule has 0 atom stereocenters. The van der Waals surface area contributed by atoms with Crippen molar-refractivity contribution in [2.45, 2.75) is 13.8 Å². The van der Waals surface area contributed by atoms with E-state index in [1.807, 2.05) is 31.2 Å². The second kappa shape index (κ2) is 3.85. The minimum absolute atomic E-state index is 0.00856. The molecule has 0 aliphatic rings. The number of anilines is 1. The Bertz CT molecular complexity index is 585. The topological polar surface area (TPSA) is 48.0 Å². The van der Waals surface area contributed by atoms with Gasteiger partial charge in [-0.05, 0) is 37.6 Å². The number of hydrogen-bond acceptors (Lipinski definition) is 2. The molecule has 2 rings (SSSR count). The Morgan fingerprint density at radius 2 is 1.88 bits per heavy atom. The monoisotopic (exact) mass is 214 g/mol. The number of nitrogens with zero attached hydrogens (tertiary/aromatic N) is 1. The molecule has 0 bridgehead atoms. The van der Waals surface area contributed by atoms with Crippen LogP contribution in [0.15, 0.2) is 41.3 Å². The van der Waals surface area contributed by atoms with Crippen molar-refractivity contribution in [3.8, 4) is 5.69 Å². The first kappa shape index (κ1) is 10.5. The van der Waals surface area contributed by atoms with Crippen LogP contribution in [0.1, 0.15) is 11.1 Å². The summed E-state index contributed by atoms with van der Waals surface area (Å²) in [5, 5.41) is 0. The van der Waals surface area contributed by atoms with Crippen LogP contribution in [-0.4, -0.2) is 4.57 Å². The lowest BCUT2D eigenvalue weighted by Gasteiger charge is -2.08. The molecule has 2 aromatic rings. The highest BCUT2D eigenvalue weighted by molar-refractivity contribution is 5.53. The summed E-state index contributed by atoms with van der Waals surface area (Å²) in [5.74, 6) is 0. The first-order chi connectivity index (χ1) is 7.59. The zero-order valence-corrected chi connectivity index (χ0v) is 9.40. The summed E-state index contributed by atoms with van der Waals surface area (Å²) in [6.07, 6.45) is 1.75. The van der Waals surface area contributed by atoms with Crippen LogP contribution in [0.4, 0.5) is 5.69 Å². The fourth-order valence-electron chi connectivity index (χ4n) is 1.58. The number of aromatic nitrogens is 1. The third-order valence-electron chi connectivity index (χ3n) is 2.68. The molecule has 0 fully saturated rings. The number of nitrogens with two attached hydrogens (primary N) is 1. The highest BCUT2D eigenvalue weighted by Gasteiger charge is 2.02. The first-order valence-electron chi connectivity index (χ1n) is 5.14. The van der Waals surface area contributed by atoms with Crippen LogP contribution in [0.2, 0.25) is 0 Å². The van der Waals surface area contributed by atoms with E-state index >= 15 is 0 Å². The Morgan fingerprint density at radius 1 is 1.12 bits per heavy atom. The molecule has 0 saturated heterocycles. The third-order valence-corrected chi connectivity index (χ3v) is 2.68. The lowest BCUT2D eigenvalue weighted by atomic mass is 10.2. The van der Waals surface area contributed by atoms with Crippen molar-refractivity contribution in [2.24, 2.45) is 0 Å². The van der Waals surface area contributed by atoms with E-state index < -0.39 is 0 Å². The van der Waals surface area contributed by atoms with Gasteiger partial charge in [-0.25, -0.2) is 0 Å². The van der Waals surface area contributed by atoms with E-state index in [-0.39, 0.29) is 5.56 Å². The number of hydrogen-bond donors (Lipinski definition) is 1. The van der Waals surface area contributed by atoms with Crippen LogP contribution in [0, 0.1) is 13.8 Å². The molecule has 0 radical (unpaired) electrons. The molecule has 0 amide bonds. The second-order valence-electron chi connectivity index (χ2n) is 3.91. The van der Waals surface area contributed by atoms with Crippen LogP contribution < -0.4 is 11.3 Å². The van der Waals surface area contributed by atoms with Gasteiger partial charge in [0.1, 0.15) is 0 Å². The third kappa shape index (κ3) is 1.72. The predicted molar refractivity (Wildman–Crippen MR) is 65.9 cm³/mol. The van der Waals surface area contributed by atoms with Gasteiger partial charge in [-0.1, -0.05) is 12.1 Å². The Labute approximate surface area is 94.1 Å². The fraction of sp³-hybridized carbons (Fsp3) is 0.154. The van der Waals surface area contributed by atoms with Crippen molar-refractivity contribution >= 4 is 5.69 Å². The van der Waals surface area contributed by atoms with Gasteiger partial charge in [0.25, 0.3) is 5.56 Å². The summed E-state index contributed by atoms with van der Waals surface area (Å²) < 4.78 is 1.60. The van der Waals surface area contributed by atoms with Gasteiger partial charge in [0.15, 0.2) is 0 Å². The van der Waals surface area contributed by atoms with Crippen molar-refractivity contribution in [3.05, 3.63) is 58.0 Å². The summed E-state index contributed by atoms with van der Waals surface area (Å²) in [4.78, 5) is 11.9. The predicted octanol–water partition coefficient (Wildman–Crippen LogP) is 2.04. The minimum Gasteiger partial charge on any atom is -0.398 e. The Morgan fingerprint density at radius 3 is 2.56 bits per heavy atom. The lowest BCUT2D eigenvalue weighted by Crippen LogP contribution is -2.19. The summed E-state index contributed by atoms with van der Waals surface area (Å²) in [7, 11) is 0. The van der Waals surface area contributed by atoms with Gasteiger partial charge >= 0.3 is 0 Å². The number of nitrogen functional groups attached to an aromatic ring is 1. The molecule has 0 unspecified atom stereocenters. The number of pyridine rings is 1. The molecule has 0 saturated carbocycles. The van der Waals surface area contributed by atoms with Gasteiger partial charge in [-0.2, -0.15) is 0 Å². The SMILES string of the molecule is Cc1ccc(-n2cccc(C)c2=O)cc1N. The molecule has 1 aromatic heterocycles. The van der Waals surface area contributed by atoms with Gasteiger partial charge in [-0.15, -0.1) is 0 Å². The van der Waals surface area contributed by atoms with Crippen molar-refractivity contribution in [1.29, 1.82) is 0 Å². The quantitative estimate of drug-likeness (QED) is 0.738. The first-order valence-corrected chi connectivity index (χ1v) is 5.14. The Hall–Kier alpha value is -2.03. The van der Waals surface area contributed by atoms with Crippen LogP contribution in [0.25, 0.3) is 5.69 Å². The maximum atomic E-state index is 11.9. The highest BCUT2D eigenvalue weighted by Crippen LogP contribution is 2.15. The molecule has 2 N–H and O–H groups in total. The molecule has 1 aromatic carbocycles. The summed E-state index contributed by atoms with van der Waals surface area (Å²) >= 11 is 0. The van der Waals surface area contributed by atoms with Gasteiger partial charge < -0.3 is 5.73 Å². The van der Waals surface area contributed by atoms with E-state index in [0.717, 1.165) is 16.8 Å². The summed E-state index contributed by atoms with van der Waals surface area (Å²) in [6, 6.07) is 9.28. The van der Waals surface area contributed by atoms with Crippen molar-refractivity contribution in [2.75, 3.05) is 5.73 Å². The van der Waals surface area contributed by atoms with E-state index in [1.54, 1.807) is 23.8 Å². The maximum Gasteiger partial charge on any atom is 0.257 e. The van der Waals surface area contributed by atoms with Gasteiger partial charge in [0.05, 0.1) is 5.69 Å². The highest BCUT2D eigenvalue weighted by atomic mass is 16.1. The Balaban J connectivity index is 2.64. The van der Waals surface area contributed by atoms with Crippen molar-refractivity contribution < 1.29 is 0 Å². The number of benzene rings is 1. The minimum atomic E-state index is -0.00856. The smallest absolute Gasteiger partial charge is 0.257 e. The van der Waals surface area contributed by atoms with E-state index in [0.29, 0.717) is 5.69 Å². The fourth-order valence-corrected chi connectivity index (χ4v) is 1.58. The van der Waals surface area contributed by atoms with Crippen molar-refractivity contribution in [3.63, 3.8) is 0 Å². The van der Waals surface area contributed by atoms with Crippen LogP contribution in [-0.2, 0) is 0 Å². The molecule has 3 heteroatoms. The molecule has 0 aliphatic carbocycles. The maximum absolute atomic E-state index is 11.9. The Kier molecular flexibility index (Phi) is 2.52. The van der Waals surface area contributed by atoms with Gasteiger partial charge in [0, 0.05) is 17.4 Å². The second-order valence-corrected chi connectivity index (χ2v) is 3.91.